The molecule has 1 fully saturated rings. The number of nitrogens with one attached hydrogen (secondary N) is 1. The van der Waals surface area contributed by atoms with Gasteiger partial charge in [-0.05, 0) is 23.6 Å². The first-order chi connectivity index (χ1) is 13.2. The van der Waals surface area contributed by atoms with Gasteiger partial charge < -0.3 is 19.4 Å². The summed E-state index contributed by atoms with van der Waals surface area (Å²) < 4.78 is 13.1. The van der Waals surface area contributed by atoms with Gasteiger partial charge in [0.2, 0.25) is 5.88 Å². The average molecular weight is 386 g/mol. The lowest BCUT2D eigenvalue weighted by Crippen LogP contribution is -2.27. The molecular weight excluding hydrogens is 366 g/mol. The Kier molecular flexibility index (Phi) is 5.27. The lowest BCUT2D eigenvalue weighted by molar-refractivity contribution is 0.0951. The number of aromatic nitrogens is 2. The lowest BCUT2D eigenvalue weighted by Gasteiger charge is -2.13. The molecule has 6 nitrogen and oxygen atoms in total. The van der Waals surface area contributed by atoms with E-state index in [1.54, 1.807) is 6.07 Å². The van der Waals surface area contributed by atoms with E-state index < -0.39 is 0 Å². The third-order valence-corrected chi connectivity index (χ3v) is 4.83. The van der Waals surface area contributed by atoms with Gasteiger partial charge in [-0.25, -0.2) is 4.98 Å². The zero-order valence-electron chi connectivity index (χ0n) is 14.7. The van der Waals surface area contributed by atoms with Crippen molar-refractivity contribution in [3.63, 3.8) is 0 Å². The van der Waals surface area contributed by atoms with Crippen LogP contribution in [0.1, 0.15) is 16.8 Å². The van der Waals surface area contributed by atoms with Crippen LogP contribution in [0.5, 0.6) is 5.88 Å². The summed E-state index contributed by atoms with van der Waals surface area (Å²) in [7, 11) is 0. The quantitative estimate of drug-likeness (QED) is 0.707. The van der Waals surface area contributed by atoms with Crippen LogP contribution in [0.4, 0.5) is 0 Å². The molecule has 0 unspecified atom stereocenters. The fourth-order valence-corrected chi connectivity index (χ4v) is 3.34. The van der Waals surface area contributed by atoms with Crippen molar-refractivity contribution in [2.45, 2.75) is 19.1 Å². The molecule has 0 radical (unpaired) electrons. The number of hydrogen-bond donors (Lipinski definition) is 1. The van der Waals surface area contributed by atoms with Crippen LogP contribution in [0.3, 0.4) is 0 Å². The second-order valence-corrected chi connectivity index (χ2v) is 6.85. The first-order valence-electron chi connectivity index (χ1n) is 8.93. The smallest absolute Gasteiger partial charge is 0.252 e. The minimum atomic E-state index is -0.211. The molecule has 27 heavy (non-hydrogen) atoms. The molecule has 7 heteroatoms. The highest BCUT2D eigenvalue weighted by Crippen LogP contribution is 2.25. The van der Waals surface area contributed by atoms with Gasteiger partial charge in [0.05, 0.1) is 18.8 Å². The van der Waals surface area contributed by atoms with Crippen molar-refractivity contribution in [3.8, 4) is 5.88 Å². The van der Waals surface area contributed by atoms with Gasteiger partial charge in [0.1, 0.15) is 11.1 Å². The summed E-state index contributed by atoms with van der Waals surface area (Å²) in [4.78, 5) is 16.6. The van der Waals surface area contributed by atoms with Gasteiger partial charge in [-0.1, -0.05) is 29.8 Å². The average Bonchev–Trinajstić information content (AvgIpc) is 3.33. The van der Waals surface area contributed by atoms with Crippen LogP contribution in [0.2, 0.25) is 5.02 Å². The van der Waals surface area contributed by atoms with Gasteiger partial charge in [0.15, 0.2) is 0 Å². The molecule has 0 spiro atoms. The standard InChI is InChI=1S/C20H20ClN3O3/c21-17-11-15(12-23-20(17)27-16-6-10-26-13-16)19(25)22-7-9-24-8-5-14-3-1-2-4-18(14)24/h1-5,8,11-12,16H,6-7,9-10,13H2,(H,22,25)/t16-/m1/s1. The molecule has 0 bridgehead atoms. The minimum Gasteiger partial charge on any atom is -0.471 e. The molecule has 3 heterocycles. The number of pyridine rings is 1. The molecule has 0 aliphatic carbocycles. The Balaban J connectivity index is 1.34. The second kappa shape index (κ2) is 7.98. The maximum Gasteiger partial charge on any atom is 0.252 e. The van der Waals surface area contributed by atoms with E-state index in [0.29, 0.717) is 42.8 Å². The fraction of sp³-hybridized carbons (Fsp3) is 0.300. The van der Waals surface area contributed by atoms with E-state index >= 15 is 0 Å². The van der Waals surface area contributed by atoms with E-state index in [1.165, 1.54) is 11.6 Å². The van der Waals surface area contributed by atoms with E-state index in [0.717, 1.165) is 11.9 Å². The number of amides is 1. The fourth-order valence-electron chi connectivity index (χ4n) is 3.13. The van der Waals surface area contributed by atoms with Crippen LogP contribution in [0, 0.1) is 0 Å². The van der Waals surface area contributed by atoms with E-state index in [4.69, 9.17) is 21.1 Å². The maximum atomic E-state index is 12.4. The van der Waals surface area contributed by atoms with E-state index in [2.05, 4.69) is 33.1 Å². The number of nitrogens with zero attached hydrogens (tertiary/aromatic N) is 2. The maximum absolute atomic E-state index is 12.4. The number of para-hydroxylation sites is 1. The van der Waals surface area contributed by atoms with Crippen LogP contribution in [0.15, 0.2) is 48.8 Å². The number of fused-ring (bicyclic) bond motifs is 1. The van der Waals surface area contributed by atoms with Crippen molar-refractivity contribution in [2.75, 3.05) is 19.8 Å². The Morgan fingerprint density at radius 1 is 1.37 bits per heavy atom. The second-order valence-electron chi connectivity index (χ2n) is 6.44. The summed E-state index contributed by atoms with van der Waals surface area (Å²) in [5.41, 5.74) is 1.56. The van der Waals surface area contributed by atoms with Crippen LogP contribution in [-0.2, 0) is 11.3 Å². The highest BCUT2D eigenvalue weighted by molar-refractivity contribution is 6.32. The van der Waals surface area contributed by atoms with Crippen LogP contribution in [-0.4, -0.2) is 41.3 Å². The number of carbonyl (C=O) groups is 1. The Hall–Kier alpha value is -2.57. The third-order valence-electron chi connectivity index (χ3n) is 4.55. The molecule has 4 rings (SSSR count). The molecule has 1 aliphatic rings. The Labute approximate surface area is 162 Å². The van der Waals surface area contributed by atoms with Crippen LogP contribution >= 0.6 is 11.6 Å². The molecule has 140 valence electrons. The number of hydrogen-bond acceptors (Lipinski definition) is 4. The molecule has 1 atom stereocenters. The van der Waals surface area contributed by atoms with Crippen LogP contribution < -0.4 is 10.1 Å². The largest absolute Gasteiger partial charge is 0.471 e. The molecule has 3 aromatic rings. The van der Waals surface area contributed by atoms with Crippen molar-refractivity contribution in [1.29, 1.82) is 0 Å². The van der Waals surface area contributed by atoms with Gasteiger partial charge in [-0.3, -0.25) is 4.79 Å². The van der Waals surface area contributed by atoms with Gasteiger partial charge in [-0.15, -0.1) is 0 Å². The van der Waals surface area contributed by atoms with Gasteiger partial charge >= 0.3 is 0 Å². The summed E-state index contributed by atoms with van der Waals surface area (Å²) >= 11 is 6.22. The zero-order valence-corrected chi connectivity index (χ0v) is 15.5. The number of benzene rings is 1. The van der Waals surface area contributed by atoms with E-state index in [9.17, 15) is 4.79 Å². The van der Waals surface area contributed by atoms with Crippen LogP contribution in [0.25, 0.3) is 10.9 Å². The summed E-state index contributed by atoms with van der Waals surface area (Å²) in [5.74, 6) is 0.124. The number of rotatable bonds is 6. The van der Waals surface area contributed by atoms with Crippen molar-refractivity contribution in [2.24, 2.45) is 0 Å². The Bertz CT molecular complexity index is 951. The molecule has 1 amide bonds. The number of carbonyl (C=O) groups excluding carboxylic acids is 1. The number of halogens is 1. The monoisotopic (exact) mass is 385 g/mol. The summed E-state index contributed by atoms with van der Waals surface area (Å²) in [6.07, 6.45) is 4.28. The minimum absolute atomic E-state index is 0.0360. The van der Waals surface area contributed by atoms with Gasteiger partial charge in [0.25, 0.3) is 5.91 Å². The van der Waals surface area contributed by atoms with Crippen molar-refractivity contribution < 1.29 is 14.3 Å². The van der Waals surface area contributed by atoms with Crippen molar-refractivity contribution in [3.05, 3.63) is 59.4 Å². The Morgan fingerprint density at radius 3 is 3.07 bits per heavy atom. The Morgan fingerprint density at radius 2 is 2.26 bits per heavy atom. The van der Waals surface area contributed by atoms with E-state index in [1.807, 2.05) is 18.3 Å². The lowest BCUT2D eigenvalue weighted by atomic mass is 10.2. The molecular formula is C20H20ClN3O3. The van der Waals surface area contributed by atoms with Gasteiger partial charge in [-0.2, -0.15) is 0 Å². The molecule has 2 aromatic heterocycles. The summed E-state index contributed by atoms with van der Waals surface area (Å²) in [6.45, 7) is 2.41. The summed E-state index contributed by atoms with van der Waals surface area (Å²) in [5, 5.41) is 4.41. The predicted molar refractivity (Wildman–Crippen MR) is 103 cm³/mol. The molecule has 1 aromatic carbocycles. The predicted octanol–water partition coefficient (Wildman–Crippen LogP) is 3.29. The first-order valence-corrected chi connectivity index (χ1v) is 9.30. The van der Waals surface area contributed by atoms with Crippen molar-refractivity contribution in [1.82, 2.24) is 14.9 Å². The molecule has 1 saturated heterocycles. The normalized spacial score (nSPS) is 16.6. The topological polar surface area (TPSA) is 65.4 Å². The molecule has 1 aliphatic heterocycles. The third kappa shape index (κ3) is 4.07. The van der Waals surface area contributed by atoms with Crippen molar-refractivity contribution >= 4 is 28.4 Å². The van der Waals surface area contributed by atoms with Gasteiger partial charge in [0, 0.05) is 37.4 Å². The number of ether oxygens (including phenoxy) is 2. The van der Waals surface area contributed by atoms with E-state index in [-0.39, 0.29) is 12.0 Å². The zero-order chi connectivity index (χ0) is 18.6. The highest BCUT2D eigenvalue weighted by atomic mass is 35.5. The highest BCUT2D eigenvalue weighted by Gasteiger charge is 2.20. The molecule has 0 saturated carbocycles. The molecule has 1 N–H and O–H groups in total. The summed E-state index contributed by atoms with van der Waals surface area (Å²) in [6, 6.07) is 11.8. The SMILES string of the molecule is O=C(NCCn1ccc2ccccc21)c1cnc(O[C@@H]2CCOC2)c(Cl)c1. The first kappa shape index (κ1) is 17.8.